The van der Waals surface area contributed by atoms with E-state index in [0.717, 1.165) is 5.56 Å². The zero-order valence-electron chi connectivity index (χ0n) is 12.9. The van der Waals surface area contributed by atoms with Gasteiger partial charge in [-0.25, -0.2) is 9.78 Å². The van der Waals surface area contributed by atoms with E-state index < -0.39 is 5.97 Å². The lowest BCUT2D eigenvalue weighted by atomic mass is 10.1. The largest absolute Gasteiger partial charge is 0.465 e. The maximum atomic E-state index is 12.7. The summed E-state index contributed by atoms with van der Waals surface area (Å²) in [4.78, 5) is 28.8. The van der Waals surface area contributed by atoms with Crippen LogP contribution in [0.1, 0.15) is 21.7 Å². The number of rotatable bonds is 3. The van der Waals surface area contributed by atoms with Crippen LogP contribution < -0.4 is 5.56 Å². The number of hydrogen-bond donors (Lipinski definition) is 0. The highest BCUT2D eigenvalue weighted by Crippen LogP contribution is 2.11. The monoisotopic (exact) mass is 308 g/mol. The lowest BCUT2D eigenvalue weighted by molar-refractivity contribution is 0.0600. The Morgan fingerprint density at radius 2 is 1.96 bits per heavy atom. The summed E-state index contributed by atoms with van der Waals surface area (Å²) < 4.78 is 6.34. The number of nitrogens with zero attached hydrogens (tertiary/aromatic N) is 2. The van der Waals surface area contributed by atoms with Gasteiger partial charge in [-0.2, -0.15) is 0 Å². The van der Waals surface area contributed by atoms with Gasteiger partial charge < -0.3 is 4.74 Å². The average Bonchev–Trinajstić information content (AvgIpc) is 2.58. The van der Waals surface area contributed by atoms with Gasteiger partial charge >= 0.3 is 5.97 Å². The number of ether oxygens (including phenoxy) is 1. The van der Waals surface area contributed by atoms with Crippen molar-refractivity contribution in [2.45, 2.75) is 13.5 Å². The van der Waals surface area contributed by atoms with E-state index in [1.54, 1.807) is 35.8 Å². The first kappa shape index (κ1) is 15.0. The summed E-state index contributed by atoms with van der Waals surface area (Å²) in [6.07, 6.45) is 0. The minimum absolute atomic E-state index is 0.0865. The summed E-state index contributed by atoms with van der Waals surface area (Å²) in [5.41, 5.74) is 1.91. The predicted octanol–water partition coefficient (Wildman–Crippen LogP) is 2.54. The van der Waals surface area contributed by atoms with E-state index in [0.29, 0.717) is 28.8 Å². The van der Waals surface area contributed by atoms with Gasteiger partial charge in [-0.3, -0.25) is 9.36 Å². The Hall–Kier alpha value is -2.95. The summed E-state index contributed by atoms with van der Waals surface area (Å²) in [5, 5.41) is 0.585. The Kier molecular flexibility index (Phi) is 3.93. The van der Waals surface area contributed by atoms with E-state index in [4.69, 9.17) is 4.74 Å². The normalized spacial score (nSPS) is 10.7. The van der Waals surface area contributed by atoms with Crippen LogP contribution in [0.2, 0.25) is 0 Å². The summed E-state index contributed by atoms with van der Waals surface area (Å²) >= 11 is 0. The molecule has 5 nitrogen and oxygen atoms in total. The Morgan fingerprint density at radius 1 is 1.17 bits per heavy atom. The summed E-state index contributed by atoms with van der Waals surface area (Å²) in [5.74, 6) is 0.240. The van der Waals surface area contributed by atoms with Crippen molar-refractivity contribution < 1.29 is 9.53 Å². The van der Waals surface area contributed by atoms with Crippen LogP contribution in [0.3, 0.4) is 0 Å². The molecular formula is C18H16N2O3. The van der Waals surface area contributed by atoms with Crippen LogP contribution in [0.25, 0.3) is 10.9 Å². The second-order valence-electron chi connectivity index (χ2n) is 5.26. The third kappa shape index (κ3) is 2.85. The number of fused-ring (bicyclic) bond motifs is 1. The molecule has 3 rings (SSSR count). The van der Waals surface area contributed by atoms with E-state index in [1.165, 1.54) is 7.11 Å². The topological polar surface area (TPSA) is 61.2 Å². The highest BCUT2D eigenvalue weighted by molar-refractivity contribution is 5.89. The molecule has 0 bridgehead atoms. The zero-order valence-corrected chi connectivity index (χ0v) is 12.9. The SMILES string of the molecule is COC(=O)c1cccc(Cn2c(C)nc3ccccc3c2=O)c1. The van der Waals surface area contributed by atoms with E-state index in [9.17, 15) is 9.59 Å². The molecule has 0 spiro atoms. The van der Waals surface area contributed by atoms with Crippen molar-refractivity contribution in [1.29, 1.82) is 0 Å². The predicted molar refractivity (Wildman–Crippen MR) is 87.6 cm³/mol. The number of aromatic nitrogens is 2. The smallest absolute Gasteiger partial charge is 0.337 e. The quantitative estimate of drug-likeness (QED) is 0.698. The fourth-order valence-corrected chi connectivity index (χ4v) is 2.56. The van der Waals surface area contributed by atoms with Gasteiger partial charge in [0.1, 0.15) is 5.82 Å². The first-order valence-electron chi connectivity index (χ1n) is 7.23. The van der Waals surface area contributed by atoms with Crippen molar-refractivity contribution in [2.75, 3.05) is 7.11 Å². The molecule has 23 heavy (non-hydrogen) atoms. The van der Waals surface area contributed by atoms with Crippen LogP contribution in [0, 0.1) is 6.92 Å². The molecule has 0 amide bonds. The molecule has 0 aliphatic rings. The molecule has 3 aromatic rings. The lowest BCUT2D eigenvalue weighted by Crippen LogP contribution is -2.24. The summed E-state index contributed by atoms with van der Waals surface area (Å²) in [7, 11) is 1.34. The third-order valence-electron chi connectivity index (χ3n) is 3.74. The molecule has 116 valence electrons. The van der Waals surface area contributed by atoms with Gasteiger partial charge in [0.05, 0.1) is 30.1 Å². The fraction of sp³-hybridized carbons (Fsp3) is 0.167. The van der Waals surface area contributed by atoms with E-state index in [-0.39, 0.29) is 5.56 Å². The zero-order chi connectivity index (χ0) is 16.4. The summed E-state index contributed by atoms with van der Waals surface area (Å²) in [6, 6.07) is 14.3. The number of methoxy groups -OCH3 is 1. The molecule has 0 aliphatic heterocycles. The van der Waals surface area contributed by atoms with Crippen molar-refractivity contribution in [2.24, 2.45) is 0 Å². The Labute approximate surface area is 133 Å². The van der Waals surface area contributed by atoms with Gasteiger partial charge in [-0.15, -0.1) is 0 Å². The van der Waals surface area contributed by atoms with E-state index >= 15 is 0 Å². The molecule has 0 saturated heterocycles. The first-order valence-corrected chi connectivity index (χ1v) is 7.23. The van der Waals surface area contributed by atoms with Gasteiger partial charge in [-0.1, -0.05) is 24.3 Å². The molecule has 1 aromatic heterocycles. The molecule has 5 heteroatoms. The molecule has 0 aliphatic carbocycles. The molecule has 0 fully saturated rings. The Bertz CT molecular complexity index is 944. The maximum Gasteiger partial charge on any atom is 0.337 e. The third-order valence-corrected chi connectivity index (χ3v) is 3.74. The minimum Gasteiger partial charge on any atom is -0.465 e. The van der Waals surface area contributed by atoms with Crippen molar-refractivity contribution in [3.8, 4) is 0 Å². The molecule has 0 atom stereocenters. The van der Waals surface area contributed by atoms with Crippen molar-refractivity contribution in [3.63, 3.8) is 0 Å². The Balaban J connectivity index is 2.05. The fourth-order valence-electron chi connectivity index (χ4n) is 2.56. The van der Waals surface area contributed by atoms with Crippen LogP contribution in [-0.2, 0) is 11.3 Å². The van der Waals surface area contributed by atoms with Gasteiger partial charge in [0.25, 0.3) is 5.56 Å². The van der Waals surface area contributed by atoms with Crippen LogP contribution in [0.4, 0.5) is 0 Å². The van der Waals surface area contributed by atoms with Gasteiger partial charge in [0.2, 0.25) is 0 Å². The first-order chi connectivity index (χ1) is 11.1. The highest BCUT2D eigenvalue weighted by Gasteiger charge is 2.10. The Morgan fingerprint density at radius 3 is 2.74 bits per heavy atom. The summed E-state index contributed by atoms with van der Waals surface area (Å²) in [6.45, 7) is 2.16. The number of carbonyl (C=O) groups is 1. The second-order valence-corrected chi connectivity index (χ2v) is 5.26. The lowest BCUT2D eigenvalue weighted by Gasteiger charge is -2.11. The van der Waals surface area contributed by atoms with E-state index in [1.807, 2.05) is 24.3 Å². The second kappa shape index (κ2) is 6.04. The standard InChI is InChI=1S/C18H16N2O3/c1-12-19-16-9-4-3-8-15(16)17(21)20(12)11-13-6-5-7-14(10-13)18(22)23-2/h3-10H,11H2,1-2H3. The van der Waals surface area contributed by atoms with Gasteiger partial charge in [0, 0.05) is 0 Å². The molecule has 0 saturated carbocycles. The number of aryl methyl sites for hydroxylation is 1. The molecule has 0 unspecified atom stereocenters. The van der Waals surface area contributed by atoms with Crippen LogP contribution in [0.15, 0.2) is 53.3 Å². The number of para-hydroxylation sites is 1. The van der Waals surface area contributed by atoms with Crippen molar-refractivity contribution in [1.82, 2.24) is 9.55 Å². The van der Waals surface area contributed by atoms with Crippen LogP contribution in [0.5, 0.6) is 0 Å². The highest BCUT2D eigenvalue weighted by atomic mass is 16.5. The molecule has 1 heterocycles. The molecular weight excluding hydrogens is 292 g/mol. The number of carbonyl (C=O) groups excluding carboxylic acids is 1. The number of hydrogen-bond acceptors (Lipinski definition) is 4. The van der Waals surface area contributed by atoms with E-state index in [2.05, 4.69) is 4.98 Å². The average molecular weight is 308 g/mol. The molecule has 2 aromatic carbocycles. The van der Waals surface area contributed by atoms with Crippen molar-refractivity contribution in [3.05, 3.63) is 75.8 Å². The molecule has 0 radical (unpaired) electrons. The number of esters is 1. The minimum atomic E-state index is -0.396. The van der Waals surface area contributed by atoms with Gasteiger partial charge in [-0.05, 0) is 36.8 Å². The molecule has 0 N–H and O–H groups in total. The van der Waals surface area contributed by atoms with Gasteiger partial charge in [0.15, 0.2) is 0 Å². The van der Waals surface area contributed by atoms with Crippen LogP contribution in [-0.4, -0.2) is 22.6 Å². The van der Waals surface area contributed by atoms with Crippen molar-refractivity contribution >= 4 is 16.9 Å². The maximum absolute atomic E-state index is 12.7. The van der Waals surface area contributed by atoms with Crippen LogP contribution >= 0.6 is 0 Å². The number of benzene rings is 2.